The van der Waals surface area contributed by atoms with Crippen molar-refractivity contribution >= 4 is 5.69 Å². The second kappa shape index (κ2) is 4.12. The summed E-state index contributed by atoms with van der Waals surface area (Å²) in [5, 5.41) is 14.1. The van der Waals surface area contributed by atoms with Gasteiger partial charge in [0, 0.05) is 5.69 Å². The van der Waals surface area contributed by atoms with E-state index >= 15 is 0 Å². The van der Waals surface area contributed by atoms with E-state index in [0.29, 0.717) is 6.42 Å². The number of aromatic nitrogens is 4. The molecule has 0 aliphatic heterocycles. The van der Waals surface area contributed by atoms with Crippen molar-refractivity contribution in [2.75, 3.05) is 5.32 Å². The van der Waals surface area contributed by atoms with Crippen LogP contribution in [0, 0.1) is 0 Å². The second-order valence-electron chi connectivity index (χ2n) is 4.15. The number of alkyl halides is 1. The third kappa shape index (κ3) is 1.98. The Labute approximate surface area is 97.6 Å². The van der Waals surface area contributed by atoms with Gasteiger partial charge in [0.15, 0.2) is 0 Å². The first-order valence-electron chi connectivity index (χ1n) is 5.57. The highest BCUT2D eigenvalue weighted by molar-refractivity contribution is 5.49. The molecule has 88 valence electrons. The van der Waals surface area contributed by atoms with Gasteiger partial charge in [0.1, 0.15) is 12.5 Å². The SMILES string of the molecule is FC1CCC1Nc1ccc(-n2cnnn2)cc1. The Morgan fingerprint density at radius 3 is 2.59 bits per heavy atom. The van der Waals surface area contributed by atoms with Crippen LogP contribution in [0.2, 0.25) is 0 Å². The summed E-state index contributed by atoms with van der Waals surface area (Å²) in [4.78, 5) is 0. The van der Waals surface area contributed by atoms with Crippen LogP contribution in [0.5, 0.6) is 0 Å². The number of tetrazole rings is 1. The monoisotopic (exact) mass is 233 g/mol. The van der Waals surface area contributed by atoms with Crippen LogP contribution >= 0.6 is 0 Å². The number of anilines is 1. The fourth-order valence-electron chi connectivity index (χ4n) is 1.83. The summed E-state index contributed by atoms with van der Waals surface area (Å²) in [7, 11) is 0. The van der Waals surface area contributed by atoms with E-state index < -0.39 is 6.17 Å². The lowest BCUT2D eigenvalue weighted by Crippen LogP contribution is -2.39. The maximum atomic E-state index is 13.1. The largest absolute Gasteiger partial charge is 0.379 e. The number of rotatable bonds is 3. The molecule has 6 heteroatoms. The van der Waals surface area contributed by atoms with Crippen LogP contribution in [-0.4, -0.2) is 32.4 Å². The van der Waals surface area contributed by atoms with Gasteiger partial charge in [-0.1, -0.05) is 0 Å². The van der Waals surface area contributed by atoms with E-state index in [-0.39, 0.29) is 6.04 Å². The second-order valence-corrected chi connectivity index (χ2v) is 4.15. The van der Waals surface area contributed by atoms with Crippen molar-refractivity contribution in [2.45, 2.75) is 25.1 Å². The molecule has 1 saturated carbocycles. The topological polar surface area (TPSA) is 55.6 Å². The number of hydrogen-bond acceptors (Lipinski definition) is 4. The Kier molecular flexibility index (Phi) is 2.47. The van der Waals surface area contributed by atoms with E-state index in [1.54, 1.807) is 4.68 Å². The first-order valence-corrected chi connectivity index (χ1v) is 5.57. The van der Waals surface area contributed by atoms with Crippen molar-refractivity contribution in [3.63, 3.8) is 0 Å². The predicted octanol–water partition coefficient (Wildman–Crippen LogP) is 1.57. The molecule has 1 aliphatic carbocycles. The van der Waals surface area contributed by atoms with Crippen LogP contribution in [0.25, 0.3) is 5.69 Å². The highest BCUT2D eigenvalue weighted by Crippen LogP contribution is 2.27. The van der Waals surface area contributed by atoms with Crippen molar-refractivity contribution in [1.29, 1.82) is 0 Å². The van der Waals surface area contributed by atoms with Gasteiger partial charge in [0.2, 0.25) is 0 Å². The lowest BCUT2D eigenvalue weighted by molar-refractivity contribution is 0.186. The quantitative estimate of drug-likeness (QED) is 0.874. The molecule has 1 aromatic carbocycles. The van der Waals surface area contributed by atoms with Crippen molar-refractivity contribution in [1.82, 2.24) is 20.2 Å². The molecule has 2 aromatic rings. The van der Waals surface area contributed by atoms with Gasteiger partial charge in [-0.25, -0.2) is 9.07 Å². The van der Waals surface area contributed by atoms with Gasteiger partial charge in [-0.05, 0) is 47.5 Å². The van der Waals surface area contributed by atoms with Crippen molar-refractivity contribution in [2.24, 2.45) is 0 Å². The molecule has 1 aliphatic rings. The minimum atomic E-state index is -0.714. The molecule has 2 atom stereocenters. The highest BCUT2D eigenvalue weighted by atomic mass is 19.1. The van der Waals surface area contributed by atoms with Crippen LogP contribution in [0.4, 0.5) is 10.1 Å². The molecule has 0 radical (unpaired) electrons. The number of halogens is 1. The average molecular weight is 233 g/mol. The molecular formula is C11H12FN5. The number of benzene rings is 1. The fraction of sp³-hybridized carbons (Fsp3) is 0.364. The van der Waals surface area contributed by atoms with E-state index in [1.807, 2.05) is 24.3 Å². The van der Waals surface area contributed by atoms with Crippen molar-refractivity contribution < 1.29 is 4.39 Å². The third-order valence-corrected chi connectivity index (χ3v) is 3.02. The van der Waals surface area contributed by atoms with Gasteiger partial charge in [0.05, 0.1) is 11.7 Å². The highest BCUT2D eigenvalue weighted by Gasteiger charge is 2.30. The standard InChI is InChI=1S/C11H12FN5/c12-10-5-6-11(10)14-8-1-3-9(4-2-8)17-7-13-15-16-17/h1-4,7,10-11,14H,5-6H2. The van der Waals surface area contributed by atoms with E-state index in [2.05, 4.69) is 20.8 Å². The number of nitrogens with one attached hydrogen (secondary N) is 1. The Bertz CT molecular complexity index is 481. The van der Waals surface area contributed by atoms with Crippen LogP contribution in [0.15, 0.2) is 30.6 Å². The first-order chi connectivity index (χ1) is 8.33. The van der Waals surface area contributed by atoms with Crippen LogP contribution in [0.3, 0.4) is 0 Å². The van der Waals surface area contributed by atoms with Gasteiger partial charge >= 0.3 is 0 Å². The summed E-state index contributed by atoms with van der Waals surface area (Å²) in [6, 6.07) is 7.56. The molecule has 0 amide bonds. The molecule has 0 spiro atoms. The average Bonchev–Trinajstić information content (AvgIpc) is 2.89. The van der Waals surface area contributed by atoms with Crippen molar-refractivity contribution in [3.05, 3.63) is 30.6 Å². The van der Waals surface area contributed by atoms with E-state index in [4.69, 9.17) is 0 Å². The zero-order valence-corrected chi connectivity index (χ0v) is 9.12. The Morgan fingerprint density at radius 2 is 2.06 bits per heavy atom. The molecule has 3 rings (SSSR count). The smallest absolute Gasteiger partial charge is 0.143 e. The Hall–Kier alpha value is -1.98. The van der Waals surface area contributed by atoms with Crippen LogP contribution < -0.4 is 5.32 Å². The summed E-state index contributed by atoms with van der Waals surface area (Å²) < 4.78 is 14.7. The predicted molar refractivity (Wildman–Crippen MR) is 60.7 cm³/mol. The minimum absolute atomic E-state index is 0.0334. The molecule has 0 bridgehead atoms. The molecule has 0 saturated heterocycles. The molecule has 1 heterocycles. The van der Waals surface area contributed by atoms with Gasteiger partial charge in [0.25, 0.3) is 0 Å². The maximum absolute atomic E-state index is 13.1. The molecule has 1 fully saturated rings. The molecule has 1 N–H and O–H groups in total. The first kappa shape index (κ1) is 10.2. The minimum Gasteiger partial charge on any atom is -0.379 e. The summed E-state index contributed by atoms with van der Waals surface area (Å²) in [6.07, 6.45) is 2.39. The molecule has 5 nitrogen and oxygen atoms in total. The lowest BCUT2D eigenvalue weighted by atomic mass is 9.90. The maximum Gasteiger partial charge on any atom is 0.143 e. The van der Waals surface area contributed by atoms with E-state index in [1.165, 1.54) is 6.33 Å². The zero-order valence-electron chi connectivity index (χ0n) is 9.12. The molecular weight excluding hydrogens is 221 g/mol. The molecule has 17 heavy (non-hydrogen) atoms. The van der Waals surface area contributed by atoms with Gasteiger partial charge in [-0.3, -0.25) is 0 Å². The third-order valence-electron chi connectivity index (χ3n) is 3.02. The summed E-state index contributed by atoms with van der Waals surface area (Å²) >= 11 is 0. The Morgan fingerprint density at radius 1 is 1.24 bits per heavy atom. The van der Waals surface area contributed by atoms with Crippen LogP contribution in [0.1, 0.15) is 12.8 Å². The Balaban J connectivity index is 1.72. The molecule has 1 aromatic heterocycles. The fourth-order valence-corrected chi connectivity index (χ4v) is 1.83. The zero-order chi connectivity index (χ0) is 11.7. The van der Waals surface area contributed by atoms with Crippen LogP contribution in [-0.2, 0) is 0 Å². The normalized spacial score (nSPS) is 23.1. The van der Waals surface area contributed by atoms with Gasteiger partial charge < -0.3 is 5.32 Å². The van der Waals surface area contributed by atoms with Gasteiger partial charge in [-0.2, -0.15) is 0 Å². The summed E-state index contributed by atoms with van der Waals surface area (Å²) in [5.74, 6) is 0. The van der Waals surface area contributed by atoms with Gasteiger partial charge in [-0.15, -0.1) is 5.10 Å². The number of hydrogen-bond donors (Lipinski definition) is 1. The summed E-state index contributed by atoms with van der Waals surface area (Å²) in [6.45, 7) is 0. The summed E-state index contributed by atoms with van der Waals surface area (Å²) in [5.41, 5.74) is 1.81. The lowest BCUT2D eigenvalue weighted by Gasteiger charge is -2.31. The molecule has 2 unspecified atom stereocenters. The van der Waals surface area contributed by atoms with Crippen molar-refractivity contribution in [3.8, 4) is 5.69 Å². The van der Waals surface area contributed by atoms with E-state index in [9.17, 15) is 4.39 Å². The van der Waals surface area contributed by atoms with E-state index in [0.717, 1.165) is 17.8 Å². The number of nitrogens with zero attached hydrogens (tertiary/aromatic N) is 4.